The van der Waals surface area contributed by atoms with Crippen molar-refractivity contribution in [3.05, 3.63) is 0 Å². The molecule has 1 aliphatic rings. The maximum atomic E-state index is 10.9. The third-order valence-corrected chi connectivity index (χ3v) is 4.35. The quantitative estimate of drug-likeness (QED) is 0.189. The fourth-order valence-electron chi connectivity index (χ4n) is 2.01. The highest BCUT2D eigenvalue weighted by molar-refractivity contribution is 7.46. The Morgan fingerprint density at radius 1 is 0.500 bits per heavy atom. The Morgan fingerprint density at radius 2 is 0.750 bits per heavy atom. The number of phosphoric acid groups is 3. The van der Waals surface area contributed by atoms with Gasteiger partial charge >= 0.3 is 23.5 Å². The molecule has 0 heterocycles. The van der Waals surface area contributed by atoms with Gasteiger partial charge in [-0.1, -0.05) is 0 Å². The first kappa shape index (κ1) is 22.3. The van der Waals surface area contributed by atoms with Crippen LogP contribution in [0.25, 0.3) is 0 Å². The molecule has 1 aliphatic carbocycles. The Bertz CT molecular complexity index is 574. The number of hydrogen-bond acceptors (Lipinski definition) is 9. The molecule has 18 heteroatoms. The van der Waals surface area contributed by atoms with Gasteiger partial charge in [0.05, 0.1) is 0 Å². The van der Waals surface area contributed by atoms with Crippen LogP contribution in [-0.2, 0) is 27.3 Å². The lowest BCUT2D eigenvalue weighted by molar-refractivity contribution is -0.212. The molecule has 24 heavy (non-hydrogen) atoms. The van der Waals surface area contributed by atoms with E-state index >= 15 is 0 Å². The second-order valence-electron chi connectivity index (χ2n) is 4.65. The van der Waals surface area contributed by atoms with Gasteiger partial charge in [-0.2, -0.15) is 0 Å². The van der Waals surface area contributed by atoms with E-state index < -0.39 is 60.1 Å². The van der Waals surface area contributed by atoms with Crippen molar-refractivity contribution in [2.24, 2.45) is 0 Å². The van der Waals surface area contributed by atoms with Crippen molar-refractivity contribution < 1.29 is 71.9 Å². The van der Waals surface area contributed by atoms with E-state index in [-0.39, 0.29) is 0 Å². The third-order valence-electron chi connectivity index (χ3n) is 2.80. The topological polar surface area (TPSA) is 261 Å². The minimum atomic E-state index is -5.43. The standard InChI is InChI=1S/C6H15O15P3/c7-1-2(8)5(20-23(13,14)15)6(21-24(16,17)18)3(9)4(1)19-22(10,11)12/h1-9H,(H2,10,11,12)(H2,13,14,15)(H2,16,17,18)/t1-,2-,3+,4?,5?,6?/m1/s1. The second-order valence-corrected chi connectivity index (χ2v) is 8.23. The molecule has 0 radical (unpaired) electrons. The van der Waals surface area contributed by atoms with Crippen LogP contribution in [0, 0.1) is 0 Å². The summed E-state index contributed by atoms with van der Waals surface area (Å²) in [7, 11) is -16.2. The van der Waals surface area contributed by atoms with Crippen molar-refractivity contribution in [3.8, 4) is 0 Å². The van der Waals surface area contributed by atoms with Gasteiger partial charge in [0.25, 0.3) is 0 Å². The maximum absolute atomic E-state index is 10.9. The lowest BCUT2D eigenvalue weighted by Crippen LogP contribution is -2.65. The third kappa shape index (κ3) is 6.50. The summed E-state index contributed by atoms with van der Waals surface area (Å²) in [4.78, 5) is 52.4. The Kier molecular flexibility index (Phi) is 6.90. The summed E-state index contributed by atoms with van der Waals surface area (Å²) >= 11 is 0. The zero-order chi connectivity index (χ0) is 19.1. The van der Waals surface area contributed by atoms with Gasteiger partial charge in [0.15, 0.2) is 0 Å². The van der Waals surface area contributed by atoms with Crippen molar-refractivity contribution >= 4 is 23.5 Å². The van der Waals surface area contributed by atoms with Gasteiger partial charge in [-0.05, 0) is 0 Å². The Hall–Kier alpha value is 0.210. The van der Waals surface area contributed by atoms with Gasteiger partial charge in [0.1, 0.15) is 36.6 Å². The summed E-state index contributed by atoms with van der Waals surface area (Å²) in [6, 6.07) is 0. The van der Waals surface area contributed by atoms with Crippen LogP contribution in [0.15, 0.2) is 0 Å². The number of aliphatic hydroxyl groups excluding tert-OH is 3. The molecule has 0 saturated heterocycles. The molecule has 0 aromatic rings. The van der Waals surface area contributed by atoms with Crippen LogP contribution in [0.3, 0.4) is 0 Å². The van der Waals surface area contributed by atoms with Crippen LogP contribution in [0.5, 0.6) is 0 Å². The zero-order valence-corrected chi connectivity index (χ0v) is 14.0. The van der Waals surface area contributed by atoms with Crippen molar-refractivity contribution in [1.29, 1.82) is 0 Å². The van der Waals surface area contributed by atoms with Gasteiger partial charge in [0.2, 0.25) is 0 Å². The summed E-state index contributed by atoms with van der Waals surface area (Å²) in [5.41, 5.74) is 0. The number of phosphoric ester groups is 3. The number of rotatable bonds is 6. The molecule has 15 nitrogen and oxygen atoms in total. The van der Waals surface area contributed by atoms with Crippen molar-refractivity contribution in [2.75, 3.05) is 0 Å². The van der Waals surface area contributed by atoms with Gasteiger partial charge in [0, 0.05) is 0 Å². The highest BCUT2D eigenvalue weighted by Crippen LogP contribution is 2.49. The molecule has 1 rings (SSSR count). The molecular formula is C6H15O15P3. The van der Waals surface area contributed by atoms with E-state index in [1.165, 1.54) is 0 Å². The number of hydrogen-bond donors (Lipinski definition) is 9. The SMILES string of the molecule is O=P(O)(O)OC1C(OP(=O)(O)O)[C@H](O)[C@@H](O)C(OP(=O)(O)O)[C@@H]1O. The predicted molar refractivity (Wildman–Crippen MR) is 68.8 cm³/mol. The molecule has 1 saturated carbocycles. The van der Waals surface area contributed by atoms with Crippen LogP contribution >= 0.6 is 23.5 Å². The highest BCUT2D eigenvalue weighted by atomic mass is 31.2. The molecule has 0 aliphatic heterocycles. The molecule has 9 N–H and O–H groups in total. The van der Waals surface area contributed by atoms with Gasteiger partial charge < -0.3 is 44.7 Å². The number of aliphatic hydroxyl groups is 3. The van der Waals surface area contributed by atoms with Gasteiger partial charge in [-0.15, -0.1) is 0 Å². The van der Waals surface area contributed by atoms with E-state index in [4.69, 9.17) is 29.4 Å². The van der Waals surface area contributed by atoms with Crippen molar-refractivity contribution in [2.45, 2.75) is 36.6 Å². The lowest BCUT2D eigenvalue weighted by atomic mass is 9.85. The van der Waals surface area contributed by atoms with Gasteiger partial charge in [-0.3, -0.25) is 13.6 Å². The normalized spacial score (nSPS) is 35.9. The Morgan fingerprint density at radius 3 is 1.08 bits per heavy atom. The second kappa shape index (κ2) is 7.45. The van der Waals surface area contributed by atoms with E-state index in [1.54, 1.807) is 0 Å². The van der Waals surface area contributed by atoms with Crippen LogP contribution in [-0.4, -0.2) is 81.3 Å². The average Bonchev–Trinajstić information content (AvgIpc) is 2.32. The molecule has 0 spiro atoms. The molecule has 3 unspecified atom stereocenters. The highest BCUT2D eigenvalue weighted by Gasteiger charge is 2.56. The van der Waals surface area contributed by atoms with E-state index in [0.29, 0.717) is 0 Å². The molecule has 0 aromatic heterocycles. The fourth-order valence-corrected chi connectivity index (χ4v) is 3.70. The minimum absolute atomic E-state index is 2.32. The van der Waals surface area contributed by atoms with Gasteiger partial charge in [-0.25, -0.2) is 13.7 Å². The van der Waals surface area contributed by atoms with E-state index in [0.717, 1.165) is 0 Å². The first-order valence-electron chi connectivity index (χ1n) is 5.78. The fraction of sp³-hybridized carbons (Fsp3) is 1.00. The van der Waals surface area contributed by atoms with Crippen LogP contribution in [0.4, 0.5) is 0 Å². The molecular weight excluding hydrogens is 405 g/mol. The minimum Gasteiger partial charge on any atom is -0.387 e. The van der Waals surface area contributed by atoms with Crippen LogP contribution in [0.2, 0.25) is 0 Å². The molecule has 6 atom stereocenters. The first-order valence-corrected chi connectivity index (χ1v) is 10.4. The first-order chi connectivity index (χ1) is 10.5. The maximum Gasteiger partial charge on any atom is 0.470 e. The molecule has 1 fully saturated rings. The summed E-state index contributed by atoms with van der Waals surface area (Å²) < 4.78 is 44.7. The van der Waals surface area contributed by atoms with Crippen molar-refractivity contribution in [1.82, 2.24) is 0 Å². The summed E-state index contributed by atoms with van der Waals surface area (Å²) in [6.07, 6.45) is -14.3. The smallest absolute Gasteiger partial charge is 0.387 e. The summed E-state index contributed by atoms with van der Waals surface area (Å²) in [5, 5.41) is 29.3. The van der Waals surface area contributed by atoms with E-state index in [2.05, 4.69) is 13.6 Å². The average molecular weight is 420 g/mol. The van der Waals surface area contributed by atoms with E-state index in [1.807, 2.05) is 0 Å². The Labute approximate surface area is 133 Å². The van der Waals surface area contributed by atoms with Crippen molar-refractivity contribution in [3.63, 3.8) is 0 Å². The lowest BCUT2D eigenvalue weighted by Gasteiger charge is -2.44. The monoisotopic (exact) mass is 420 g/mol. The Balaban J connectivity index is 3.23. The van der Waals surface area contributed by atoms with E-state index in [9.17, 15) is 29.0 Å². The molecule has 0 amide bonds. The predicted octanol–water partition coefficient (Wildman–Crippen LogP) is -3.48. The molecule has 0 aromatic carbocycles. The molecule has 144 valence electrons. The molecule has 0 bridgehead atoms. The van der Waals surface area contributed by atoms with Crippen LogP contribution < -0.4 is 0 Å². The summed E-state index contributed by atoms with van der Waals surface area (Å²) in [6.45, 7) is 0. The zero-order valence-electron chi connectivity index (χ0n) is 11.3. The van der Waals surface area contributed by atoms with Crippen LogP contribution in [0.1, 0.15) is 0 Å². The summed E-state index contributed by atoms with van der Waals surface area (Å²) in [5.74, 6) is 0. The largest absolute Gasteiger partial charge is 0.470 e.